The Balaban J connectivity index is 4.48. The van der Waals surface area contributed by atoms with Crippen LogP contribution in [0.5, 0.6) is 0 Å². The summed E-state index contributed by atoms with van der Waals surface area (Å²) in [6.45, 7) is 13.9. The molecule has 0 aliphatic carbocycles. The molecular weight excluding hydrogens is 170 g/mol. The van der Waals surface area contributed by atoms with E-state index in [0.717, 1.165) is 5.92 Å². The van der Waals surface area contributed by atoms with Crippen LogP contribution in [0.3, 0.4) is 0 Å². The second kappa shape index (κ2) is 4.95. The van der Waals surface area contributed by atoms with Crippen molar-refractivity contribution in [1.82, 2.24) is 0 Å². The number of nitrogens with zero attached hydrogens (tertiary/aromatic N) is 1. The summed E-state index contributed by atoms with van der Waals surface area (Å²) < 4.78 is 0. The second-order valence-electron chi connectivity index (χ2n) is 5.85. The van der Waals surface area contributed by atoms with Gasteiger partial charge in [-0.25, -0.2) is 0 Å². The van der Waals surface area contributed by atoms with E-state index < -0.39 is 0 Å². The molecular formula is C13H27N. The van der Waals surface area contributed by atoms with Crippen LogP contribution in [0.4, 0.5) is 0 Å². The first-order valence-electron chi connectivity index (χ1n) is 5.68. The molecule has 0 saturated carbocycles. The van der Waals surface area contributed by atoms with E-state index >= 15 is 0 Å². The van der Waals surface area contributed by atoms with Gasteiger partial charge in [0, 0.05) is 18.7 Å². The normalized spacial score (nSPS) is 16.2. The van der Waals surface area contributed by atoms with Gasteiger partial charge < -0.3 is 4.99 Å². The summed E-state index contributed by atoms with van der Waals surface area (Å²) in [5.41, 5.74) is 0.626. The maximum atomic E-state index is 4.15. The predicted molar refractivity (Wildman–Crippen MR) is 66.1 cm³/mol. The van der Waals surface area contributed by atoms with Crippen LogP contribution in [-0.2, 0) is 0 Å². The fourth-order valence-electron chi connectivity index (χ4n) is 2.30. The summed E-state index contributed by atoms with van der Waals surface area (Å²) in [7, 11) is 1.86. The molecule has 0 aromatic carbocycles. The van der Waals surface area contributed by atoms with Crippen LogP contribution in [-0.4, -0.2) is 13.3 Å². The van der Waals surface area contributed by atoms with E-state index in [1.54, 1.807) is 0 Å². The lowest BCUT2D eigenvalue weighted by Crippen LogP contribution is -2.29. The van der Waals surface area contributed by atoms with Gasteiger partial charge in [-0.15, -0.1) is 0 Å². The first-order chi connectivity index (χ1) is 6.25. The topological polar surface area (TPSA) is 12.4 Å². The fourth-order valence-corrected chi connectivity index (χ4v) is 2.30. The molecule has 84 valence electrons. The van der Waals surface area contributed by atoms with Crippen LogP contribution < -0.4 is 0 Å². The summed E-state index contributed by atoms with van der Waals surface area (Å²) in [6.07, 6.45) is 4.54. The molecule has 1 heteroatoms. The van der Waals surface area contributed by atoms with Crippen LogP contribution >= 0.6 is 0 Å². The highest BCUT2D eigenvalue weighted by atomic mass is 14.7. The molecule has 1 unspecified atom stereocenters. The Morgan fingerprint density at radius 1 is 1.21 bits per heavy atom. The van der Waals surface area contributed by atoms with E-state index in [1.807, 2.05) is 7.05 Å². The predicted octanol–water partition coefficient (Wildman–Crippen LogP) is 4.18. The van der Waals surface area contributed by atoms with Crippen LogP contribution in [0.25, 0.3) is 0 Å². The van der Waals surface area contributed by atoms with Crippen molar-refractivity contribution >= 4 is 6.21 Å². The number of hydrogen-bond donors (Lipinski definition) is 0. The second-order valence-corrected chi connectivity index (χ2v) is 5.85. The lowest BCUT2D eigenvalue weighted by atomic mass is 9.68. The Morgan fingerprint density at radius 2 is 1.71 bits per heavy atom. The van der Waals surface area contributed by atoms with E-state index in [2.05, 4.69) is 52.7 Å². The van der Waals surface area contributed by atoms with Crippen LogP contribution in [0.1, 0.15) is 54.4 Å². The zero-order valence-electron chi connectivity index (χ0n) is 11.0. The lowest BCUT2D eigenvalue weighted by Gasteiger charge is -2.37. The Labute approximate surface area is 90.0 Å². The van der Waals surface area contributed by atoms with Gasteiger partial charge in [0.25, 0.3) is 0 Å². The number of rotatable bonds is 5. The number of hydrogen-bond acceptors (Lipinski definition) is 1. The van der Waals surface area contributed by atoms with Crippen molar-refractivity contribution in [3.05, 3.63) is 0 Å². The molecule has 1 atom stereocenters. The minimum atomic E-state index is 0.224. The summed E-state index contributed by atoms with van der Waals surface area (Å²) in [6, 6.07) is 0. The largest absolute Gasteiger partial charge is 0.300 e. The molecule has 1 nitrogen and oxygen atoms in total. The highest BCUT2D eigenvalue weighted by Gasteiger charge is 2.31. The monoisotopic (exact) mass is 197 g/mol. The van der Waals surface area contributed by atoms with Gasteiger partial charge in [0.15, 0.2) is 0 Å². The van der Waals surface area contributed by atoms with Crippen molar-refractivity contribution in [2.24, 2.45) is 21.7 Å². The first-order valence-corrected chi connectivity index (χ1v) is 5.68. The van der Waals surface area contributed by atoms with Crippen molar-refractivity contribution in [2.45, 2.75) is 54.4 Å². The van der Waals surface area contributed by atoms with E-state index in [4.69, 9.17) is 0 Å². The van der Waals surface area contributed by atoms with E-state index in [9.17, 15) is 0 Å². The van der Waals surface area contributed by atoms with Gasteiger partial charge in [0.2, 0.25) is 0 Å². The Bertz CT molecular complexity index is 189. The van der Waals surface area contributed by atoms with Gasteiger partial charge in [-0.2, -0.15) is 0 Å². The van der Waals surface area contributed by atoms with Crippen molar-refractivity contribution < 1.29 is 0 Å². The summed E-state index contributed by atoms with van der Waals surface area (Å²) in [5.74, 6) is 0.770. The molecule has 0 aromatic heterocycles. The summed E-state index contributed by atoms with van der Waals surface area (Å²) >= 11 is 0. The molecule has 0 spiro atoms. The lowest BCUT2D eigenvalue weighted by molar-refractivity contribution is 0.162. The molecule has 0 amide bonds. The molecule has 0 rings (SSSR count). The van der Waals surface area contributed by atoms with Gasteiger partial charge in [0.05, 0.1) is 0 Å². The average molecular weight is 197 g/mol. The van der Waals surface area contributed by atoms with Gasteiger partial charge in [-0.3, -0.25) is 0 Å². The third kappa shape index (κ3) is 4.26. The molecule has 14 heavy (non-hydrogen) atoms. The van der Waals surface area contributed by atoms with E-state index in [0.29, 0.717) is 5.41 Å². The quantitative estimate of drug-likeness (QED) is 0.586. The van der Waals surface area contributed by atoms with Gasteiger partial charge >= 0.3 is 0 Å². The summed E-state index contributed by atoms with van der Waals surface area (Å²) in [4.78, 5) is 4.15. The molecule has 0 aliphatic rings. The standard InChI is InChI=1S/C13H27N/c1-8-11(2)13(5,6)9-12(3,4)10-14-7/h10-11H,8-9H2,1-7H3. The van der Waals surface area contributed by atoms with Crippen LogP contribution in [0.15, 0.2) is 4.99 Å². The van der Waals surface area contributed by atoms with Gasteiger partial charge in [-0.1, -0.05) is 48.0 Å². The van der Waals surface area contributed by atoms with Crippen molar-refractivity contribution in [3.63, 3.8) is 0 Å². The zero-order valence-corrected chi connectivity index (χ0v) is 11.0. The molecule has 0 radical (unpaired) electrons. The molecule has 0 heterocycles. The Morgan fingerprint density at radius 3 is 2.07 bits per heavy atom. The fraction of sp³-hybridized carbons (Fsp3) is 0.923. The molecule has 0 fully saturated rings. The zero-order chi connectivity index (χ0) is 11.4. The third-order valence-corrected chi connectivity index (χ3v) is 3.34. The van der Waals surface area contributed by atoms with Crippen LogP contribution in [0.2, 0.25) is 0 Å². The van der Waals surface area contributed by atoms with Gasteiger partial charge in [-0.05, 0) is 17.8 Å². The van der Waals surface area contributed by atoms with Crippen LogP contribution in [0, 0.1) is 16.7 Å². The molecule has 0 aliphatic heterocycles. The molecule has 0 bridgehead atoms. The Hall–Kier alpha value is -0.330. The number of aliphatic imine (C=N–C) groups is 1. The molecule has 0 N–H and O–H groups in total. The minimum absolute atomic E-state index is 0.224. The highest BCUT2D eigenvalue weighted by molar-refractivity contribution is 5.64. The average Bonchev–Trinajstić information content (AvgIpc) is 2.00. The first kappa shape index (κ1) is 13.7. The van der Waals surface area contributed by atoms with Crippen molar-refractivity contribution in [3.8, 4) is 0 Å². The third-order valence-electron chi connectivity index (χ3n) is 3.34. The maximum Gasteiger partial charge on any atom is 0.0273 e. The van der Waals surface area contributed by atoms with Crippen molar-refractivity contribution in [2.75, 3.05) is 7.05 Å². The Kier molecular flexibility index (Phi) is 4.83. The molecule has 0 aromatic rings. The molecule has 0 saturated heterocycles. The van der Waals surface area contributed by atoms with E-state index in [-0.39, 0.29) is 5.41 Å². The van der Waals surface area contributed by atoms with Crippen molar-refractivity contribution in [1.29, 1.82) is 0 Å². The van der Waals surface area contributed by atoms with Gasteiger partial charge in [0.1, 0.15) is 0 Å². The van der Waals surface area contributed by atoms with E-state index in [1.165, 1.54) is 12.8 Å². The smallest absolute Gasteiger partial charge is 0.0273 e. The maximum absolute atomic E-state index is 4.15. The summed E-state index contributed by atoms with van der Waals surface area (Å²) in [5, 5.41) is 0. The minimum Gasteiger partial charge on any atom is -0.300 e. The SMILES string of the molecule is CCC(C)C(C)(C)CC(C)(C)C=NC. The highest BCUT2D eigenvalue weighted by Crippen LogP contribution is 2.39.